The van der Waals surface area contributed by atoms with E-state index in [-0.39, 0.29) is 10.7 Å². The van der Waals surface area contributed by atoms with Gasteiger partial charge in [0.05, 0.1) is 11.2 Å². The lowest BCUT2D eigenvalue weighted by Gasteiger charge is -2.04. The molecule has 0 saturated carbocycles. The Morgan fingerprint density at radius 1 is 1.42 bits per heavy atom. The molecule has 0 saturated heterocycles. The summed E-state index contributed by atoms with van der Waals surface area (Å²) in [7, 11) is -3.61. The molecule has 2 rings (SSSR count). The quantitative estimate of drug-likeness (QED) is 0.854. The van der Waals surface area contributed by atoms with Crippen molar-refractivity contribution in [2.24, 2.45) is 0 Å². The predicted octanol–water partition coefficient (Wildman–Crippen LogP) is 1.24. The van der Waals surface area contributed by atoms with Gasteiger partial charge in [0.15, 0.2) is 10.8 Å². The van der Waals surface area contributed by atoms with Crippen molar-refractivity contribution in [3.63, 3.8) is 0 Å². The summed E-state index contributed by atoms with van der Waals surface area (Å²) in [5.74, 6) is -0.646. The van der Waals surface area contributed by atoms with E-state index in [2.05, 4.69) is 20.3 Å². The van der Waals surface area contributed by atoms with Crippen LogP contribution in [-0.2, 0) is 9.84 Å². The van der Waals surface area contributed by atoms with Gasteiger partial charge in [0, 0.05) is 17.8 Å². The minimum atomic E-state index is -3.61. The standard InChI is InChI=1S/C9H7ClN4O3S2/c1-19(16,17)9-12-4-5(10)6(13-9)7(15)14-8-11-2-3-18-8/h2-4H,1H3,(H,11,14,15). The molecule has 0 aliphatic carbocycles. The highest BCUT2D eigenvalue weighted by Crippen LogP contribution is 2.17. The highest BCUT2D eigenvalue weighted by molar-refractivity contribution is 7.90. The predicted molar refractivity (Wildman–Crippen MR) is 70.2 cm³/mol. The summed E-state index contributed by atoms with van der Waals surface area (Å²) in [5, 5.41) is 4.00. The number of amides is 1. The molecule has 0 aliphatic heterocycles. The van der Waals surface area contributed by atoms with Crippen LogP contribution < -0.4 is 5.32 Å². The van der Waals surface area contributed by atoms with Crippen molar-refractivity contribution in [1.29, 1.82) is 0 Å². The fourth-order valence-electron chi connectivity index (χ4n) is 1.13. The normalized spacial score (nSPS) is 11.3. The van der Waals surface area contributed by atoms with Crippen LogP contribution in [0, 0.1) is 0 Å². The number of halogens is 1. The summed E-state index contributed by atoms with van der Waals surface area (Å²) in [6.07, 6.45) is 3.53. The van der Waals surface area contributed by atoms with E-state index in [0.29, 0.717) is 5.13 Å². The maximum Gasteiger partial charge on any atom is 0.277 e. The van der Waals surface area contributed by atoms with Gasteiger partial charge >= 0.3 is 0 Å². The van der Waals surface area contributed by atoms with E-state index in [9.17, 15) is 13.2 Å². The van der Waals surface area contributed by atoms with Crippen molar-refractivity contribution in [2.75, 3.05) is 11.6 Å². The third-order valence-electron chi connectivity index (χ3n) is 1.92. The molecule has 19 heavy (non-hydrogen) atoms. The van der Waals surface area contributed by atoms with E-state index in [0.717, 1.165) is 12.5 Å². The Hall–Kier alpha value is -1.58. The highest BCUT2D eigenvalue weighted by atomic mass is 35.5. The van der Waals surface area contributed by atoms with Crippen molar-refractivity contribution in [3.05, 3.63) is 28.5 Å². The SMILES string of the molecule is CS(=O)(=O)c1ncc(Cl)c(C(=O)Nc2nccs2)n1. The molecule has 10 heteroatoms. The van der Waals surface area contributed by atoms with Crippen LogP contribution in [0.4, 0.5) is 5.13 Å². The molecule has 2 heterocycles. The fraction of sp³-hybridized carbons (Fsp3) is 0.111. The Labute approximate surface area is 117 Å². The molecule has 1 N–H and O–H groups in total. The summed E-state index contributed by atoms with van der Waals surface area (Å²) in [4.78, 5) is 23.0. The molecule has 0 radical (unpaired) electrons. The molecule has 100 valence electrons. The number of thiazole rings is 1. The second kappa shape index (κ2) is 5.19. The third kappa shape index (κ3) is 3.25. The minimum Gasteiger partial charge on any atom is -0.296 e. The van der Waals surface area contributed by atoms with E-state index >= 15 is 0 Å². The van der Waals surface area contributed by atoms with Crippen molar-refractivity contribution in [2.45, 2.75) is 5.16 Å². The zero-order chi connectivity index (χ0) is 14.0. The lowest BCUT2D eigenvalue weighted by Crippen LogP contribution is -2.17. The second-order valence-electron chi connectivity index (χ2n) is 3.41. The molecule has 7 nitrogen and oxygen atoms in total. The number of aromatic nitrogens is 3. The van der Waals surface area contributed by atoms with Gasteiger partial charge in [-0.2, -0.15) is 0 Å². The molecular weight excluding hydrogens is 312 g/mol. The van der Waals surface area contributed by atoms with Crippen LogP contribution in [0.15, 0.2) is 22.9 Å². The highest BCUT2D eigenvalue weighted by Gasteiger charge is 2.19. The number of rotatable bonds is 3. The van der Waals surface area contributed by atoms with Gasteiger partial charge in [-0.15, -0.1) is 11.3 Å². The maximum atomic E-state index is 11.9. The minimum absolute atomic E-state index is 0.0403. The van der Waals surface area contributed by atoms with Gasteiger partial charge in [-0.25, -0.2) is 23.4 Å². The van der Waals surface area contributed by atoms with Gasteiger partial charge in [-0.05, 0) is 0 Å². The zero-order valence-electron chi connectivity index (χ0n) is 9.49. The number of sulfone groups is 1. The number of nitrogens with zero attached hydrogens (tertiary/aromatic N) is 3. The Morgan fingerprint density at radius 3 is 2.74 bits per heavy atom. The first-order chi connectivity index (χ1) is 8.88. The van der Waals surface area contributed by atoms with E-state index in [1.807, 2.05) is 0 Å². The van der Waals surface area contributed by atoms with Crippen LogP contribution in [0.1, 0.15) is 10.5 Å². The Morgan fingerprint density at radius 2 is 2.16 bits per heavy atom. The monoisotopic (exact) mass is 318 g/mol. The molecule has 0 atom stereocenters. The van der Waals surface area contributed by atoms with E-state index < -0.39 is 20.9 Å². The van der Waals surface area contributed by atoms with Gasteiger partial charge in [-0.1, -0.05) is 11.6 Å². The van der Waals surface area contributed by atoms with Gasteiger partial charge in [0.1, 0.15) is 0 Å². The average molecular weight is 319 g/mol. The van der Waals surface area contributed by atoms with E-state index in [4.69, 9.17) is 11.6 Å². The molecule has 0 unspecified atom stereocenters. The van der Waals surface area contributed by atoms with Crippen LogP contribution in [0.2, 0.25) is 5.02 Å². The molecule has 0 bridgehead atoms. The zero-order valence-corrected chi connectivity index (χ0v) is 11.9. The summed E-state index contributed by atoms with van der Waals surface area (Å²) in [6.45, 7) is 0. The molecule has 0 aliphatic rings. The lowest BCUT2D eigenvalue weighted by atomic mass is 10.4. The first-order valence-corrected chi connectivity index (χ1v) is 7.96. The van der Waals surface area contributed by atoms with Gasteiger partial charge in [0.25, 0.3) is 5.91 Å². The average Bonchev–Trinajstić information content (AvgIpc) is 2.80. The summed E-state index contributed by atoms with van der Waals surface area (Å²) in [5.41, 5.74) is -0.215. The number of anilines is 1. The molecule has 1 amide bonds. The molecule has 2 aromatic heterocycles. The second-order valence-corrected chi connectivity index (χ2v) is 6.62. The first-order valence-electron chi connectivity index (χ1n) is 4.81. The summed E-state index contributed by atoms with van der Waals surface area (Å²) in [6, 6.07) is 0. The number of hydrogen-bond acceptors (Lipinski definition) is 7. The smallest absolute Gasteiger partial charge is 0.277 e. The Balaban J connectivity index is 2.36. The largest absolute Gasteiger partial charge is 0.296 e. The van der Waals surface area contributed by atoms with Crippen LogP contribution in [0.5, 0.6) is 0 Å². The Kier molecular flexibility index (Phi) is 3.78. The molecule has 0 fully saturated rings. The van der Waals surface area contributed by atoms with Crippen LogP contribution in [-0.4, -0.2) is 35.5 Å². The first kappa shape index (κ1) is 13.8. The van der Waals surface area contributed by atoms with Crippen molar-refractivity contribution < 1.29 is 13.2 Å². The van der Waals surface area contributed by atoms with Crippen molar-refractivity contribution >= 4 is 43.8 Å². The lowest BCUT2D eigenvalue weighted by molar-refractivity contribution is 0.102. The third-order valence-corrected chi connectivity index (χ3v) is 3.75. The van der Waals surface area contributed by atoms with E-state index in [1.54, 1.807) is 5.38 Å². The summed E-state index contributed by atoms with van der Waals surface area (Å²) < 4.78 is 22.7. The van der Waals surface area contributed by atoms with Gasteiger partial charge in [-0.3, -0.25) is 10.1 Å². The van der Waals surface area contributed by atoms with Crippen molar-refractivity contribution in [1.82, 2.24) is 15.0 Å². The summed E-state index contributed by atoms with van der Waals surface area (Å²) >= 11 is 7.00. The van der Waals surface area contributed by atoms with Crippen LogP contribution in [0.3, 0.4) is 0 Å². The topological polar surface area (TPSA) is 102 Å². The van der Waals surface area contributed by atoms with Crippen molar-refractivity contribution in [3.8, 4) is 0 Å². The molecular formula is C9H7ClN4O3S2. The van der Waals surface area contributed by atoms with Gasteiger partial charge in [0.2, 0.25) is 15.0 Å². The number of nitrogens with one attached hydrogen (secondary N) is 1. The Bertz CT molecular complexity index is 715. The van der Waals surface area contributed by atoms with Crippen LogP contribution >= 0.6 is 22.9 Å². The number of carbonyl (C=O) groups is 1. The fourth-order valence-corrected chi connectivity index (χ4v) is 2.33. The number of hydrogen-bond donors (Lipinski definition) is 1. The molecule has 2 aromatic rings. The van der Waals surface area contributed by atoms with E-state index in [1.165, 1.54) is 17.5 Å². The van der Waals surface area contributed by atoms with Gasteiger partial charge < -0.3 is 0 Å². The van der Waals surface area contributed by atoms with Crippen LogP contribution in [0.25, 0.3) is 0 Å². The number of carbonyl (C=O) groups excluding carboxylic acids is 1. The molecule has 0 aromatic carbocycles. The molecule has 0 spiro atoms. The maximum absolute atomic E-state index is 11.9.